The maximum absolute atomic E-state index is 6.03. The van der Waals surface area contributed by atoms with Crippen molar-refractivity contribution in [3.8, 4) is 0 Å². The van der Waals surface area contributed by atoms with Crippen LogP contribution in [0.1, 0.15) is 26.7 Å². The highest BCUT2D eigenvalue weighted by Gasteiger charge is 2.43. The normalized spacial score (nSPS) is 17.3. The van der Waals surface area contributed by atoms with Gasteiger partial charge >= 0.3 is 0 Å². The number of guanidine groups is 1. The van der Waals surface area contributed by atoms with Crippen LogP contribution in [-0.2, 0) is 0 Å². The van der Waals surface area contributed by atoms with Gasteiger partial charge in [0.25, 0.3) is 0 Å². The smallest absolute Gasteiger partial charge is 0.191 e. The molecular formula is C15H23N3S. The number of nitrogens with two attached hydrogens (primary N) is 1. The van der Waals surface area contributed by atoms with E-state index in [-0.39, 0.29) is 0 Å². The first-order valence-electron chi connectivity index (χ1n) is 6.98. The van der Waals surface area contributed by atoms with Crippen molar-refractivity contribution >= 4 is 17.7 Å². The molecule has 0 unspecified atom stereocenters. The van der Waals surface area contributed by atoms with Crippen LogP contribution in [0.15, 0.2) is 40.2 Å². The highest BCUT2D eigenvalue weighted by molar-refractivity contribution is 8.01. The van der Waals surface area contributed by atoms with E-state index in [1.807, 2.05) is 11.8 Å². The zero-order chi connectivity index (χ0) is 13.7. The molecule has 1 aromatic rings. The second-order valence-corrected chi connectivity index (χ2v) is 6.49. The van der Waals surface area contributed by atoms with Crippen LogP contribution in [0.2, 0.25) is 0 Å². The summed E-state index contributed by atoms with van der Waals surface area (Å²) in [7, 11) is 0. The van der Waals surface area contributed by atoms with Gasteiger partial charge in [-0.1, -0.05) is 18.2 Å². The molecule has 1 fully saturated rings. The van der Waals surface area contributed by atoms with Gasteiger partial charge in [-0.05, 0) is 38.8 Å². The molecule has 0 saturated heterocycles. The molecular weight excluding hydrogens is 254 g/mol. The minimum absolute atomic E-state index is 0.291. The van der Waals surface area contributed by atoms with Crippen molar-refractivity contribution in [2.75, 3.05) is 19.6 Å². The lowest BCUT2D eigenvalue weighted by molar-refractivity contribution is 0.458. The number of nitrogens with zero attached hydrogens (tertiary/aromatic N) is 2. The van der Waals surface area contributed by atoms with E-state index < -0.39 is 0 Å². The number of thioether (sulfide) groups is 1. The van der Waals surface area contributed by atoms with Gasteiger partial charge in [-0.15, -0.1) is 11.8 Å². The number of benzene rings is 1. The predicted molar refractivity (Wildman–Crippen MR) is 83.7 cm³/mol. The second kappa shape index (κ2) is 6.33. The molecule has 0 amide bonds. The van der Waals surface area contributed by atoms with Gasteiger partial charge in [0.1, 0.15) is 0 Å². The Morgan fingerprint density at radius 3 is 2.42 bits per heavy atom. The summed E-state index contributed by atoms with van der Waals surface area (Å²) in [6.45, 7) is 6.89. The minimum Gasteiger partial charge on any atom is -0.370 e. The van der Waals surface area contributed by atoms with Gasteiger partial charge in [-0.2, -0.15) is 0 Å². The van der Waals surface area contributed by atoms with Crippen molar-refractivity contribution < 1.29 is 0 Å². The molecule has 1 aromatic carbocycles. The fourth-order valence-electron chi connectivity index (χ4n) is 2.04. The van der Waals surface area contributed by atoms with Gasteiger partial charge in [0, 0.05) is 22.7 Å². The molecule has 1 aliphatic carbocycles. The van der Waals surface area contributed by atoms with Crippen LogP contribution in [0, 0.1) is 0 Å². The Hall–Kier alpha value is -1.16. The Morgan fingerprint density at radius 1 is 1.26 bits per heavy atom. The summed E-state index contributed by atoms with van der Waals surface area (Å²) < 4.78 is 0.291. The Labute approximate surface area is 120 Å². The van der Waals surface area contributed by atoms with E-state index in [1.54, 1.807) is 0 Å². The van der Waals surface area contributed by atoms with Crippen molar-refractivity contribution in [1.29, 1.82) is 0 Å². The van der Waals surface area contributed by atoms with Crippen LogP contribution >= 0.6 is 11.8 Å². The van der Waals surface area contributed by atoms with E-state index in [1.165, 1.54) is 17.7 Å². The summed E-state index contributed by atoms with van der Waals surface area (Å²) in [5.74, 6) is 0.685. The van der Waals surface area contributed by atoms with Crippen molar-refractivity contribution in [3.63, 3.8) is 0 Å². The van der Waals surface area contributed by atoms with Gasteiger partial charge in [0.05, 0.1) is 6.54 Å². The van der Waals surface area contributed by atoms with Crippen molar-refractivity contribution in [2.45, 2.75) is 36.3 Å². The topological polar surface area (TPSA) is 41.6 Å². The number of hydrogen-bond donors (Lipinski definition) is 1. The van der Waals surface area contributed by atoms with Crippen molar-refractivity contribution in [3.05, 3.63) is 30.3 Å². The first kappa shape index (κ1) is 14.3. The molecule has 0 bridgehead atoms. The maximum atomic E-state index is 6.03. The molecule has 0 heterocycles. The van der Waals surface area contributed by atoms with Gasteiger partial charge in [0.15, 0.2) is 5.96 Å². The standard InChI is InChI=1S/C15H23N3S/c1-3-18(4-2)14(16)17-12-15(10-11-15)19-13-8-6-5-7-9-13/h5-9H,3-4,10-12H2,1-2H3,(H2,16,17). The molecule has 0 spiro atoms. The summed E-state index contributed by atoms with van der Waals surface area (Å²) in [5.41, 5.74) is 6.03. The lowest BCUT2D eigenvalue weighted by atomic mass is 10.4. The van der Waals surface area contributed by atoms with E-state index in [0.717, 1.165) is 19.6 Å². The number of hydrogen-bond acceptors (Lipinski definition) is 2. The summed E-state index contributed by atoms with van der Waals surface area (Å²) in [6, 6.07) is 10.6. The zero-order valence-corrected chi connectivity index (χ0v) is 12.6. The first-order chi connectivity index (χ1) is 9.19. The third-order valence-corrected chi connectivity index (χ3v) is 4.98. The predicted octanol–water partition coefficient (Wildman–Crippen LogP) is 2.97. The molecule has 1 saturated carbocycles. The van der Waals surface area contributed by atoms with Gasteiger partial charge < -0.3 is 10.6 Å². The lowest BCUT2D eigenvalue weighted by Gasteiger charge is -2.20. The number of aliphatic imine (C=N–C) groups is 1. The molecule has 0 radical (unpaired) electrons. The van der Waals surface area contributed by atoms with Crippen LogP contribution in [0.4, 0.5) is 0 Å². The third kappa shape index (κ3) is 3.90. The fourth-order valence-corrected chi connectivity index (χ4v) is 3.27. The number of rotatable bonds is 6. The summed E-state index contributed by atoms with van der Waals surface area (Å²) in [5, 5.41) is 0. The molecule has 2 rings (SSSR count). The summed E-state index contributed by atoms with van der Waals surface area (Å²) in [4.78, 5) is 8.03. The van der Waals surface area contributed by atoms with Crippen LogP contribution in [0.25, 0.3) is 0 Å². The molecule has 1 aliphatic rings. The molecule has 3 nitrogen and oxygen atoms in total. The van der Waals surface area contributed by atoms with Crippen LogP contribution in [0.3, 0.4) is 0 Å². The third-order valence-electron chi connectivity index (χ3n) is 3.50. The molecule has 2 N–H and O–H groups in total. The second-order valence-electron chi connectivity index (χ2n) is 4.94. The van der Waals surface area contributed by atoms with Crippen molar-refractivity contribution in [1.82, 2.24) is 4.90 Å². The van der Waals surface area contributed by atoms with E-state index in [4.69, 9.17) is 5.73 Å². The van der Waals surface area contributed by atoms with E-state index >= 15 is 0 Å². The molecule has 19 heavy (non-hydrogen) atoms. The monoisotopic (exact) mass is 277 g/mol. The minimum atomic E-state index is 0.291. The summed E-state index contributed by atoms with van der Waals surface area (Å²) >= 11 is 1.94. The largest absolute Gasteiger partial charge is 0.370 e. The fraction of sp³-hybridized carbons (Fsp3) is 0.533. The molecule has 0 atom stereocenters. The zero-order valence-electron chi connectivity index (χ0n) is 11.8. The molecule has 0 aliphatic heterocycles. The lowest BCUT2D eigenvalue weighted by Crippen LogP contribution is -2.37. The maximum Gasteiger partial charge on any atom is 0.191 e. The van der Waals surface area contributed by atoms with Crippen LogP contribution in [-0.4, -0.2) is 35.2 Å². The van der Waals surface area contributed by atoms with Gasteiger partial charge in [-0.3, -0.25) is 4.99 Å². The Bertz CT molecular complexity index is 422. The summed E-state index contributed by atoms with van der Waals surface area (Å²) in [6.07, 6.45) is 2.48. The van der Waals surface area contributed by atoms with Gasteiger partial charge in [0.2, 0.25) is 0 Å². The first-order valence-corrected chi connectivity index (χ1v) is 7.79. The molecule has 104 valence electrons. The Kier molecular flexibility index (Phi) is 4.75. The SMILES string of the molecule is CCN(CC)C(N)=NCC1(Sc2ccccc2)CC1. The quantitative estimate of drug-likeness (QED) is 0.642. The van der Waals surface area contributed by atoms with E-state index in [0.29, 0.717) is 10.7 Å². The molecule has 0 aromatic heterocycles. The average molecular weight is 277 g/mol. The Morgan fingerprint density at radius 2 is 1.89 bits per heavy atom. The van der Waals surface area contributed by atoms with Crippen molar-refractivity contribution in [2.24, 2.45) is 10.7 Å². The highest BCUT2D eigenvalue weighted by atomic mass is 32.2. The van der Waals surface area contributed by atoms with Crippen LogP contribution in [0.5, 0.6) is 0 Å². The molecule has 4 heteroatoms. The van der Waals surface area contributed by atoms with Crippen LogP contribution < -0.4 is 5.73 Å². The Balaban J connectivity index is 1.93. The highest BCUT2D eigenvalue weighted by Crippen LogP contribution is 2.51. The van der Waals surface area contributed by atoms with E-state index in [2.05, 4.69) is 54.1 Å². The van der Waals surface area contributed by atoms with Gasteiger partial charge in [-0.25, -0.2) is 0 Å². The van der Waals surface area contributed by atoms with E-state index in [9.17, 15) is 0 Å². The average Bonchev–Trinajstić information content (AvgIpc) is 3.19.